The number of aliphatic hydroxyl groups is 1. The van der Waals surface area contributed by atoms with E-state index in [1.807, 2.05) is 0 Å². The molecule has 2 atom stereocenters. The van der Waals surface area contributed by atoms with Gasteiger partial charge in [-0.1, -0.05) is 23.9 Å². The van der Waals surface area contributed by atoms with Crippen LogP contribution in [0.1, 0.15) is 18.4 Å². The van der Waals surface area contributed by atoms with Gasteiger partial charge in [-0.25, -0.2) is 4.99 Å². The van der Waals surface area contributed by atoms with Crippen LogP contribution in [0.15, 0.2) is 29.3 Å². The Bertz CT molecular complexity index is 604. The lowest BCUT2D eigenvalue weighted by molar-refractivity contribution is -0.245. The fourth-order valence-corrected chi connectivity index (χ4v) is 2.70. The van der Waals surface area contributed by atoms with Crippen LogP contribution in [-0.2, 0) is 4.79 Å². The van der Waals surface area contributed by atoms with E-state index in [9.17, 15) is 23.1 Å². The van der Waals surface area contributed by atoms with E-state index in [-0.39, 0.29) is 5.17 Å². The largest absolute Gasteiger partial charge is 0.481 e. The van der Waals surface area contributed by atoms with Crippen molar-refractivity contribution in [3.05, 3.63) is 29.8 Å². The zero-order valence-corrected chi connectivity index (χ0v) is 12.2. The predicted octanol–water partition coefficient (Wildman–Crippen LogP) is 2.64. The number of hydrogen-bond donors (Lipinski definition) is 3. The third-order valence-corrected chi connectivity index (χ3v) is 4.20. The number of aliphatic imine (C=N–C) groups is 1. The summed E-state index contributed by atoms with van der Waals surface area (Å²) in [6, 6.07) is 6.22. The molecule has 2 rings (SSSR count). The van der Waals surface area contributed by atoms with Crippen molar-refractivity contribution in [3.8, 4) is 0 Å². The van der Waals surface area contributed by atoms with Gasteiger partial charge in [0.2, 0.25) is 0 Å². The molecule has 0 saturated carbocycles. The van der Waals surface area contributed by atoms with Gasteiger partial charge in [-0.05, 0) is 24.6 Å². The quantitative estimate of drug-likeness (QED) is 0.792. The van der Waals surface area contributed by atoms with E-state index in [0.717, 1.165) is 11.8 Å². The molecule has 1 aromatic carbocycles. The number of hydrogen-bond acceptors (Lipinski definition) is 5. The molecule has 0 radical (unpaired) electrons. The molecular formula is C13H13F3N2O3S. The number of benzene rings is 1. The van der Waals surface area contributed by atoms with Crippen molar-refractivity contribution >= 4 is 28.6 Å². The summed E-state index contributed by atoms with van der Waals surface area (Å²) in [5, 5.41) is 20.9. The number of aliphatic carboxylic acids is 1. The average molecular weight is 334 g/mol. The van der Waals surface area contributed by atoms with Gasteiger partial charge in [-0.2, -0.15) is 13.2 Å². The number of rotatable bonds is 3. The number of anilines is 1. The summed E-state index contributed by atoms with van der Waals surface area (Å²) in [6.07, 6.45) is -4.83. The highest BCUT2D eigenvalue weighted by molar-refractivity contribution is 8.14. The van der Waals surface area contributed by atoms with Crippen molar-refractivity contribution in [2.45, 2.75) is 24.7 Å². The molecule has 1 unspecified atom stereocenters. The van der Waals surface area contributed by atoms with E-state index < -0.39 is 29.5 Å². The van der Waals surface area contributed by atoms with Crippen LogP contribution >= 0.6 is 11.8 Å². The van der Waals surface area contributed by atoms with Gasteiger partial charge in [-0.15, -0.1) is 0 Å². The molecule has 1 aliphatic rings. The lowest BCUT2D eigenvalue weighted by Gasteiger charge is -2.20. The van der Waals surface area contributed by atoms with E-state index in [0.29, 0.717) is 11.3 Å². The number of carboxylic acids is 1. The number of halogens is 3. The Labute approximate surface area is 128 Å². The van der Waals surface area contributed by atoms with Gasteiger partial charge in [0.15, 0.2) is 5.17 Å². The maximum Gasteiger partial charge on any atom is 0.439 e. The Balaban J connectivity index is 2.09. The lowest BCUT2D eigenvalue weighted by atomic mass is 10.0. The number of nitrogens with zero attached hydrogens (tertiary/aromatic N) is 1. The van der Waals surface area contributed by atoms with Crippen molar-refractivity contribution in [1.82, 2.24) is 0 Å². The first-order valence-electron chi connectivity index (χ1n) is 6.24. The summed E-state index contributed by atoms with van der Waals surface area (Å²) in [7, 11) is 0. The lowest BCUT2D eigenvalue weighted by Crippen LogP contribution is -2.43. The second-order valence-corrected chi connectivity index (χ2v) is 5.79. The molecule has 0 amide bonds. The zero-order chi connectivity index (χ0) is 16.5. The third kappa shape index (κ3) is 3.36. The summed E-state index contributed by atoms with van der Waals surface area (Å²) in [5.41, 5.74) is -2.04. The Morgan fingerprint density at radius 1 is 1.41 bits per heavy atom. The Kier molecular flexibility index (Phi) is 4.39. The molecule has 0 spiro atoms. The molecule has 3 N–H and O–H groups in total. The van der Waals surface area contributed by atoms with Crippen LogP contribution in [0.4, 0.5) is 18.9 Å². The van der Waals surface area contributed by atoms with Crippen LogP contribution < -0.4 is 5.32 Å². The first-order chi connectivity index (χ1) is 10.1. The van der Waals surface area contributed by atoms with Crippen molar-refractivity contribution in [3.63, 3.8) is 0 Å². The van der Waals surface area contributed by atoms with Crippen LogP contribution in [0.3, 0.4) is 0 Å². The second kappa shape index (κ2) is 5.81. The van der Waals surface area contributed by atoms with Crippen molar-refractivity contribution in [1.29, 1.82) is 0 Å². The summed E-state index contributed by atoms with van der Waals surface area (Å²) in [6.45, 7) is 1.53. The maximum atomic E-state index is 12.6. The Morgan fingerprint density at radius 2 is 2.00 bits per heavy atom. The Hall–Kier alpha value is -1.74. The number of nitrogens with one attached hydrogen (secondary N) is 1. The van der Waals surface area contributed by atoms with Gasteiger partial charge in [-0.3, -0.25) is 4.79 Å². The first kappa shape index (κ1) is 16.6. The molecule has 5 nitrogen and oxygen atoms in total. The van der Waals surface area contributed by atoms with E-state index >= 15 is 0 Å². The monoisotopic (exact) mass is 334 g/mol. The summed E-state index contributed by atoms with van der Waals surface area (Å²) in [4.78, 5) is 14.1. The molecule has 0 saturated heterocycles. The molecule has 0 aliphatic carbocycles. The molecule has 0 bridgehead atoms. The minimum Gasteiger partial charge on any atom is -0.481 e. The smallest absolute Gasteiger partial charge is 0.439 e. The number of alkyl halides is 3. The SMILES string of the molecule is C[C@H](C(=O)O)c1ccc(NC2=NC(O)(C(F)(F)F)CS2)cc1. The van der Waals surface area contributed by atoms with E-state index in [4.69, 9.17) is 5.11 Å². The topological polar surface area (TPSA) is 81.9 Å². The fourth-order valence-electron chi connectivity index (χ4n) is 1.73. The predicted molar refractivity (Wildman–Crippen MR) is 77.0 cm³/mol. The molecule has 0 fully saturated rings. The molecule has 22 heavy (non-hydrogen) atoms. The number of carboxylic acid groups (broad SMARTS) is 1. The molecule has 1 aliphatic heterocycles. The summed E-state index contributed by atoms with van der Waals surface area (Å²) >= 11 is 0.761. The second-order valence-electron chi connectivity index (χ2n) is 4.83. The number of thioether (sulfide) groups is 1. The van der Waals surface area contributed by atoms with Crippen LogP contribution in [0.25, 0.3) is 0 Å². The Morgan fingerprint density at radius 3 is 2.45 bits per heavy atom. The van der Waals surface area contributed by atoms with Crippen molar-refractivity contribution < 1.29 is 28.2 Å². The molecular weight excluding hydrogens is 321 g/mol. The highest BCUT2D eigenvalue weighted by Crippen LogP contribution is 2.39. The first-order valence-corrected chi connectivity index (χ1v) is 7.22. The van der Waals surface area contributed by atoms with Gasteiger partial charge < -0.3 is 15.5 Å². The normalized spacial score (nSPS) is 23.0. The van der Waals surface area contributed by atoms with Gasteiger partial charge in [0, 0.05) is 5.69 Å². The molecule has 0 aromatic heterocycles. The minimum atomic E-state index is -4.83. The van der Waals surface area contributed by atoms with E-state index in [1.54, 1.807) is 24.3 Å². The summed E-state index contributed by atoms with van der Waals surface area (Å²) < 4.78 is 37.9. The van der Waals surface area contributed by atoms with Crippen LogP contribution in [0.2, 0.25) is 0 Å². The average Bonchev–Trinajstić information content (AvgIpc) is 2.81. The standard InChI is InChI=1S/C13H13F3N2O3S/c1-7(10(19)20)8-2-4-9(5-3-8)17-11-18-12(21,6-22-11)13(14,15)16/h2-5,7,21H,6H2,1H3,(H,17,18)(H,19,20)/t7-,12?/m0/s1. The number of amidine groups is 1. The molecule has 1 heterocycles. The highest BCUT2D eigenvalue weighted by Gasteiger charge is 2.56. The van der Waals surface area contributed by atoms with Crippen LogP contribution in [0, 0.1) is 0 Å². The van der Waals surface area contributed by atoms with Gasteiger partial charge in [0.05, 0.1) is 11.7 Å². The molecule has 1 aromatic rings. The van der Waals surface area contributed by atoms with Crippen LogP contribution in [0.5, 0.6) is 0 Å². The molecule has 120 valence electrons. The van der Waals surface area contributed by atoms with Crippen molar-refractivity contribution in [2.24, 2.45) is 4.99 Å². The number of carbonyl (C=O) groups is 1. The van der Waals surface area contributed by atoms with Gasteiger partial charge in [0.25, 0.3) is 5.72 Å². The van der Waals surface area contributed by atoms with E-state index in [2.05, 4.69) is 10.3 Å². The molecule has 9 heteroatoms. The van der Waals surface area contributed by atoms with E-state index in [1.165, 1.54) is 6.92 Å². The van der Waals surface area contributed by atoms with Gasteiger partial charge >= 0.3 is 12.1 Å². The third-order valence-electron chi connectivity index (χ3n) is 3.18. The highest BCUT2D eigenvalue weighted by atomic mass is 32.2. The zero-order valence-electron chi connectivity index (χ0n) is 11.4. The van der Waals surface area contributed by atoms with Gasteiger partial charge in [0.1, 0.15) is 0 Å². The van der Waals surface area contributed by atoms with Crippen molar-refractivity contribution in [2.75, 3.05) is 11.1 Å². The minimum absolute atomic E-state index is 0.0427. The fraction of sp³-hybridized carbons (Fsp3) is 0.385. The van der Waals surface area contributed by atoms with Crippen LogP contribution in [-0.4, -0.2) is 39.0 Å². The summed E-state index contributed by atoms with van der Waals surface area (Å²) in [5.74, 6) is -2.25. The maximum absolute atomic E-state index is 12.6.